The lowest BCUT2D eigenvalue weighted by Crippen LogP contribution is -2.38. The molecule has 1 rings (SSSR count). The standard InChI is InChI=1S/C11H14N2O4/c1-3-11(8(2)14)12(15)9-4-6-10(7-5-9)13(16)17/h3-8,11,14-15H,1H2,2H3/t8-,11-/m0/s1. The van der Waals surface area contributed by atoms with E-state index >= 15 is 0 Å². The van der Waals surface area contributed by atoms with Gasteiger partial charge >= 0.3 is 0 Å². The molecule has 0 amide bonds. The van der Waals surface area contributed by atoms with Crippen molar-refractivity contribution < 1.29 is 15.2 Å². The highest BCUT2D eigenvalue weighted by Crippen LogP contribution is 2.21. The molecule has 1 aromatic carbocycles. The maximum Gasteiger partial charge on any atom is 0.269 e. The van der Waals surface area contributed by atoms with Crippen molar-refractivity contribution in [1.29, 1.82) is 0 Å². The molecule has 0 saturated heterocycles. The topological polar surface area (TPSA) is 86.8 Å². The van der Waals surface area contributed by atoms with Gasteiger partial charge in [-0.1, -0.05) is 6.08 Å². The molecule has 0 aliphatic carbocycles. The number of aliphatic hydroxyl groups is 1. The highest BCUT2D eigenvalue weighted by molar-refractivity contribution is 5.50. The SMILES string of the molecule is C=C[C@@H]([C@H](C)O)N(O)c1ccc([N+](=O)[O-])cc1. The summed E-state index contributed by atoms with van der Waals surface area (Å²) in [6.45, 7) is 5.02. The molecule has 0 spiro atoms. The van der Waals surface area contributed by atoms with Crippen LogP contribution in [0.2, 0.25) is 0 Å². The van der Waals surface area contributed by atoms with Gasteiger partial charge in [0.2, 0.25) is 0 Å². The van der Waals surface area contributed by atoms with Gasteiger partial charge in [-0.25, -0.2) is 5.06 Å². The van der Waals surface area contributed by atoms with Crippen LogP contribution in [-0.2, 0) is 0 Å². The summed E-state index contributed by atoms with van der Waals surface area (Å²) in [5, 5.41) is 30.5. The zero-order chi connectivity index (χ0) is 13.0. The zero-order valence-electron chi connectivity index (χ0n) is 9.35. The highest BCUT2D eigenvalue weighted by Gasteiger charge is 2.19. The van der Waals surface area contributed by atoms with Gasteiger partial charge in [-0.15, -0.1) is 6.58 Å². The minimum atomic E-state index is -0.812. The van der Waals surface area contributed by atoms with Crippen LogP contribution in [-0.4, -0.2) is 27.4 Å². The molecule has 0 bridgehead atoms. The number of aliphatic hydroxyl groups excluding tert-OH is 1. The van der Waals surface area contributed by atoms with Crippen molar-refractivity contribution in [2.75, 3.05) is 5.06 Å². The van der Waals surface area contributed by atoms with Crippen LogP contribution in [0.3, 0.4) is 0 Å². The number of non-ortho nitro benzene ring substituents is 1. The Hall–Kier alpha value is -1.92. The van der Waals surface area contributed by atoms with Gasteiger partial charge in [0.25, 0.3) is 5.69 Å². The summed E-state index contributed by atoms with van der Waals surface area (Å²) in [4.78, 5) is 9.93. The zero-order valence-corrected chi connectivity index (χ0v) is 9.35. The van der Waals surface area contributed by atoms with E-state index in [1.54, 1.807) is 0 Å². The van der Waals surface area contributed by atoms with Gasteiger partial charge in [0.15, 0.2) is 0 Å². The van der Waals surface area contributed by atoms with Gasteiger partial charge in [-0.05, 0) is 19.1 Å². The number of nitro benzene ring substituents is 1. The molecule has 6 nitrogen and oxygen atoms in total. The molecular formula is C11H14N2O4. The lowest BCUT2D eigenvalue weighted by Gasteiger charge is -2.27. The molecule has 0 radical (unpaired) electrons. The molecule has 0 fully saturated rings. The van der Waals surface area contributed by atoms with Crippen molar-refractivity contribution in [2.45, 2.75) is 19.1 Å². The molecule has 17 heavy (non-hydrogen) atoms. The molecule has 0 aromatic heterocycles. The number of anilines is 1. The second-order valence-corrected chi connectivity index (χ2v) is 3.58. The van der Waals surface area contributed by atoms with Crippen LogP contribution in [0.4, 0.5) is 11.4 Å². The Labute approximate surface area is 98.5 Å². The van der Waals surface area contributed by atoms with Crippen LogP contribution < -0.4 is 5.06 Å². The van der Waals surface area contributed by atoms with Gasteiger partial charge in [0.05, 0.1) is 22.8 Å². The Balaban J connectivity index is 2.92. The maximum absolute atomic E-state index is 10.5. The quantitative estimate of drug-likeness (QED) is 0.463. The molecule has 0 saturated carbocycles. The Kier molecular flexibility index (Phi) is 4.19. The number of nitrogens with zero attached hydrogens (tertiary/aromatic N) is 2. The minimum absolute atomic E-state index is 0.0608. The smallest absolute Gasteiger partial charge is 0.269 e. The minimum Gasteiger partial charge on any atom is -0.391 e. The predicted molar refractivity (Wildman–Crippen MR) is 63.0 cm³/mol. The summed E-state index contributed by atoms with van der Waals surface area (Å²) in [6, 6.07) is 4.69. The fourth-order valence-electron chi connectivity index (χ4n) is 1.40. The molecule has 0 unspecified atom stereocenters. The monoisotopic (exact) mass is 238 g/mol. The van der Waals surface area contributed by atoms with E-state index in [0.29, 0.717) is 5.69 Å². The van der Waals surface area contributed by atoms with Crippen LogP contribution in [0.1, 0.15) is 6.92 Å². The second kappa shape index (κ2) is 5.42. The lowest BCUT2D eigenvalue weighted by atomic mass is 10.1. The van der Waals surface area contributed by atoms with Crippen molar-refractivity contribution in [3.05, 3.63) is 47.0 Å². The first-order chi connectivity index (χ1) is 7.97. The van der Waals surface area contributed by atoms with Crippen molar-refractivity contribution in [3.63, 3.8) is 0 Å². The first-order valence-corrected chi connectivity index (χ1v) is 5.00. The third-order valence-corrected chi connectivity index (χ3v) is 2.34. The summed E-state index contributed by atoms with van der Waals surface area (Å²) in [5.74, 6) is 0. The van der Waals surface area contributed by atoms with Gasteiger partial charge in [-0.3, -0.25) is 15.3 Å². The van der Waals surface area contributed by atoms with Crippen LogP contribution in [0, 0.1) is 10.1 Å². The van der Waals surface area contributed by atoms with Crippen molar-refractivity contribution in [1.82, 2.24) is 0 Å². The predicted octanol–water partition coefficient (Wildman–Crippen LogP) is 1.73. The van der Waals surface area contributed by atoms with Crippen LogP contribution in [0.25, 0.3) is 0 Å². The fraction of sp³-hybridized carbons (Fsp3) is 0.273. The van der Waals surface area contributed by atoms with E-state index < -0.39 is 17.1 Å². The molecule has 1 aromatic rings. The van der Waals surface area contributed by atoms with E-state index in [1.807, 2.05) is 0 Å². The Morgan fingerprint density at radius 1 is 1.47 bits per heavy atom. The first kappa shape index (κ1) is 13.1. The van der Waals surface area contributed by atoms with Crippen molar-refractivity contribution in [2.24, 2.45) is 0 Å². The maximum atomic E-state index is 10.5. The van der Waals surface area contributed by atoms with Gasteiger partial charge in [-0.2, -0.15) is 0 Å². The summed E-state index contributed by atoms with van der Waals surface area (Å²) in [6.07, 6.45) is 0.583. The molecule has 2 atom stereocenters. The number of hydrogen-bond acceptors (Lipinski definition) is 5. The number of benzene rings is 1. The van der Waals surface area contributed by atoms with E-state index in [0.717, 1.165) is 5.06 Å². The summed E-state index contributed by atoms with van der Waals surface area (Å²) in [7, 11) is 0. The Bertz CT molecular complexity index is 402. The third kappa shape index (κ3) is 3.02. The number of hydroxylamine groups is 1. The number of hydrogen-bond donors (Lipinski definition) is 2. The molecule has 0 heterocycles. The molecule has 0 aliphatic rings. The molecular weight excluding hydrogens is 224 g/mol. The molecule has 0 aliphatic heterocycles. The Morgan fingerprint density at radius 2 is 2.00 bits per heavy atom. The molecule has 92 valence electrons. The number of nitro groups is 1. The van der Waals surface area contributed by atoms with E-state index in [1.165, 1.54) is 37.3 Å². The largest absolute Gasteiger partial charge is 0.391 e. The normalized spacial score (nSPS) is 13.8. The Morgan fingerprint density at radius 3 is 2.35 bits per heavy atom. The van der Waals surface area contributed by atoms with E-state index in [9.17, 15) is 20.4 Å². The summed E-state index contributed by atoms with van der Waals surface area (Å²) >= 11 is 0. The lowest BCUT2D eigenvalue weighted by molar-refractivity contribution is -0.384. The average Bonchev–Trinajstić information content (AvgIpc) is 2.29. The average molecular weight is 238 g/mol. The molecule has 6 heteroatoms. The van der Waals surface area contributed by atoms with Crippen LogP contribution >= 0.6 is 0 Å². The van der Waals surface area contributed by atoms with Gasteiger partial charge in [0.1, 0.15) is 0 Å². The van der Waals surface area contributed by atoms with E-state index in [4.69, 9.17) is 0 Å². The van der Waals surface area contributed by atoms with Crippen molar-refractivity contribution in [3.8, 4) is 0 Å². The molecule has 2 N–H and O–H groups in total. The third-order valence-electron chi connectivity index (χ3n) is 2.34. The van der Waals surface area contributed by atoms with E-state index in [2.05, 4.69) is 6.58 Å². The van der Waals surface area contributed by atoms with Gasteiger partial charge < -0.3 is 5.11 Å². The van der Waals surface area contributed by atoms with Crippen LogP contribution in [0.15, 0.2) is 36.9 Å². The number of rotatable bonds is 5. The van der Waals surface area contributed by atoms with E-state index in [-0.39, 0.29) is 5.69 Å². The second-order valence-electron chi connectivity index (χ2n) is 3.58. The van der Waals surface area contributed by atoms with Crippen LogP contribution in [0.5, 0.6) is 0 Å². The fourth-order valence-corrected chi connectivity index (χ4v) is 1.40. The first-order valence-electron chi connectivity index (χ1n) is 5.00. The van der Waals surface area contributed by atoms with Gasteiger partial charge in [0, 0.05) is 12.1 Å². The summed E-state index contributed by atoms with van der Waals surface area (Å²) in [5.41, 5.74) is 0.288. The highest BCUT2D eigenvalue weighted by atomic mass is 16.6. The van der Waals surface area contributed by atoms with Crippen molar-refractivity contribution >= 4 is 11.4 Å². The summed E-state index contributed by atoms with van der Waals surface area (Å²) < 4.78 is 0.